The Bertz CT molecular complexity index is 1090. The van der Waals surface area contributed by atoms with Crippen LogP contribution in [0.3, 0.4) is 0 Å². The molecule has 6 heteroatoms. The van der Waals surface area contributed by atoms with Crippen LogP contribution in [0.25, 0.3) is 0 Å². The van der Waals surface area contributed by atoms with Crippen LogP contribution < -0.4 is 10.2 Å². The van der Waals surface area contributed by atoms with Gasteiger partial charge in [0.05, 0.1) is 17.6 Å². The third-order valence-corrected chi connectivity index (χ3v) is 5.06. The van der Waals surface area contributed by atoms with Gasteiger partial charge in [-0.1, -0.05) is 30.3 Å². The van der Waals surface area contributed by atoms with Gasteiger partial charge in [-0.2, -0.15) is 0 Å². The molecule has 0 atom stereocenters. The molecule has 1 amide bonds. The predicted octanol–water partition coefficient (Wildman–Crippen LogP) is 3.01. The van der Waals surface area contributed by atoms with Crippen molar-refractivity contribution in [2.24, 2.45) is 4.99 Å². The lowest BCUT2D eigenvalue weighted by Crippen LogP contribution is -2.18. The summed E-state index contributed by atoms with van der Waals surface area (Å²) in [4.78, 5) is 27.7. The number of aromatic nitrogens is 2. The molecule has 2 aliphatic rings. The Hall–Kier alpha value is -3.54. The summed E-state index contributed by atoms with van der Waals surface area (Å²) in [6.45, 7) is 0.884. The summed E-state index contributed by atoms with van der Waals surface area (Å²) in [6, 6.07) is 13.9. The van der Waals surface area contributed by atoms with Gasteiger partial charge in [0.2, 0.25) is 0 Å². The van der Waals surface area contributed by atoms with Crippen LogP contribution in [0, 0.1) is 0 Å². The van der Waals surface area contributed by atoms with E-state index in [1.54, 1.807) is 19.6 Å². The molecular formula is C21H17N5O. The highest BCUT2D eigenvalue weighted by molar-refractivity contribution is 6.19. The van der Waals surface area contributed by atoms with Crippen molar-refractivity contribution in [2.75, 3.05) is 18.5 Å². The number of nitrogens with zero attached hydrogens (tertiary/aromatic N) is 4. The number of hydrogen-bond donors (Lipinski definition) is 1. The van der Waals surface area contributed by atoms with Gasteiger partial charge in [0.15, 0.2) is 5.82 Å². The first-order chi connectivity index (χ1) is 13.3. The largest absolute Gasteiger partial charge is 0.355 e. The standard InChI is InChI=1S/C21H17N5O/c1-22-21(27)15-7-5-13(6-8-15)18-16-4-2-3-14-9-10-26(19(14)16)20-17(25-18)11-23-12-24-20/h2-8,11-12H,9-10H2,1H3,(H,22,27). The quantitative estimate of drug-likeness (QED) is 0.767. The number of hydrogen-bond acceptors (Lipinski definition) is 5. The van der Waals surface area contributed by atoms with Gasteiger partial charge in [0.25, 0.3) is 5.91 Å². The lowest BCUT2D eigenvalue weighted by molar-refractivity contribution is 0.0963. The van der Waals surface area contributed by atoms with Crippen molar-refractivity contribution >= 4 is 28.8 Å². The van der Waals surface area contributed by atoms with E-state index in [4.69, 9.17) is 4.99 Å². The van der Waals surface area contributed by atoms with Crippen molar-refractivity contribution in [3.05, 3.63) is 77.2 Å². The maximum absolute atomic E-state index is 11.8. The first kappa shape index (κ1) is 15.7. The number of amides is 1. The minimum absolute atomic E-state index is 0.102. The van der Waals surface area contributed by atoms with E-state index < -0.39 is 0 Å². The minimum atomic E-state index is -0.102. The third kappa shape index (κ3) is 2.41. The molecule has 0 spiro atoms. The maximum atomic E-state index is 11.8. The summed E-state index contributed by atoms with van der Waals surface area (Å²) in [5, 5.41) is 2.65. The van der Waals surface area contributed by atoms with E-state index in [9.17, 15) is 4.79 Å². The first-order valence-corrected chi connectivity index (χ1v) is 8.87. The normalized spacial score (nSPS) is 14.1. The molecule has 0 unspecified atom stereocenters. The molecule has 0 bridgehead atoms. The number of rotatable bonds is 2. The molecule has 27 heavy (non-hydrogen) atoms. The second kappa shape index (κ2) is 6.02. The van der Waals surface area contributed by atoms with Crippen LogP contribution >= 0.6 is 0 Å². The van der Waals surface area contributed by atoms with Crippen molar-refractivity contribution in [2.45, 2.75) is 6.42 Å². The summed E-state index contributed by atoms with van der Waals surface area (Å²) in [7, 11) is 1.63. The Balaban J connectivity index is 1.72. The molecule has 0 saturated carbocycles. The van der Waals surface area contributed by atoms with Gasteiger partial charge in [-0.15, -0.1) is 0 Å². The van der Waals surface area contributed by atoms with Crippen LogP contribution in [0.4, 0.5) is 17.2 Å². The smallest absolute Gasteiger partial charge is 0.251 e. The molecule has 132 valence electrons. The molecule has 3 aromatic rings. The van der Waals surface area contributed by atoms with E-state index in [0.717, 1.165) is 41.3 Å². The van der Waals surface area contributed by atoms with E-state index in [-0.39, 0.29) is 5.91 Å². The monoisotopic (exact) mass is 355 g/mol. The summed E-state index contributed by atoms with van der Waals surface area (Å²) in [5.74, 6) is 0.739. The summed E-state index contributed by atoms with van der Waals surface area (Å²) >= 11 is 0. The SMILES string of the molecule is CNC(=O)c1ccc(C2=Nc3cncnc3N3CCc4cccc2c43)cc1. The number of para-hydroxylation sites is 1. The number of nitrogens with one attached hydrogen (secondary N) is 1. The predicted molar refractivity (Wildman–Crippen MR) is 104 cm³/mol. The minimum Gasteiger partial charge on any atom is -0.355 e. The molecule has 5 rings (SSSR count). The fraction of sp³-hybridized carbons (Fsp3) is 0.143. The van der Waals surface area contributed by atoms with Gasteiger partial charge in [-0.25, -0.2) is 15.0 Å². The van der Waals surface area contributed by atoms with Crippen molar-refractivity contribution in [1.29, 1.82) is 0 Å². The molecule has 1 aromatic heterocycles. The van der Waals surface area contributed by atoms with Crippen LogP contribution in [0.5, 0.6) is 0 Å². The van der Waals surface area contributed by atoms with Crippen LogP contribution in [-0.4, -0.2) is 35.2 Å². The first-order valence-electron chi connectivity index (χ1n) is 8.87. The second-order valence-corrected chi connectivity index (χ2v) is 6.56. The number of fused-ring (bicyclic) bond motifs is 2. The zero-order valence-electron chi connectivity index (χ0n) is 14.8. The Morgan fingerprint density at radius 2 is 2.00 bits per heavy atom. The highest BCUT2D eigenvalue weighted by Crippen LogP contribution is 2.43. The molecular weight excluding hydrogens is 338 g/mol. The van der Waals surface area contributed by atoms with E-state index in [2.05, 4.69) is 38.4 Å². The number of carbonyl (C=O) groups excluding carboxylic acids is 1. The van der Waals surface area contributed by atoms with Crippen molar-refractivity contribution in [3.63, 3.8) is 0 Å². The lowest BCUT2D eigenvalue weighted by atomic mass is 9.97. The summed E-state index contributed by atoms with van der Waals surface area (Å²) in [6.07, 6.45) is 4.30. The van der Waals surface area contributed by atoms with Gasteiger partial charge in [-0.3, -0.25) is 4.79 Å². The molecule has 2 aromatic carbocycles. The molecule has 3 heterocycles. The Kier molecular flexibility index (Phi) is 3.50. The lowest BCUT2D eigenvalue weighted by Gasteiger charge is -2.19. The van der Waals surface area contributed by atoms with E-state index in [1.165, 1.54) is 11.3 Å². The molecule has 0 saturated heterocycles. The summed E-state index contributed by atoms with van der Waals surface area (Å²) in [5.41, 5.74) is 6.76. The van der Waals surface area contributed by atoms with Gasteiger partial charge in [0.1, 0.15) is 12.0 Å². The van der Waals surface area contributed by atoms with E-state index in [1.807, 2.05) is 24.3 Å². The Morgan fingerprint density at radius 3 is 2.81 bits per heavy atom. The van der Waals surface area contributed by atoms with Crippen molar-refractivity contribution in [1.82, 2.24) is 15.3 Å². The second-order valence-electron chi connectivity index (χ2n) is 6.56. The average molecular weight is 355 g/mol. The number of benzene rings is 2. The van der Waals surface area contributed by atoms with Crippen molar-refractivity contribution in [3.8, 4) is 0 Å². The average Bonchev–Trinajstić information content (AvgIpc) is 3.10. The van der Waals surface area contributed by atoms with Gasteiger partial charge >= 0.3 is 0 Å². The zero-order valence-corrected chi connectivity index (χ0v) is 14.8. The fourth-order valence-electron chi connectivity index (χ4n) is 3.79. The zero-order chi connectivity index (χ0) is 18.4. The van der Waals surface area contributed by atoms with E-state index in [0.29, 0.717) is 5.56 Å². The molecule has 0 aliphatic carbocycles. The molecule has 2 aliphatic heterocycles. The van der Waals surface area contributed by atoms with Gasteiger partial charge in [0, 0.05) is 30.3 Å². The number of anilines is 2. The number of carbonyl (C=O) groups is 1. The highest BCUT2D eigenvalue weighted by atomic mass is 16.1. The summed E-state index contributed by atoms with van der Waals surface area (Å²) < 4.78 is 0. The highest BCUT2D eigenvalue weighted by Gasteiger charge is 2.30. The van der Waals surface area contributed by atoms with Crippen LogP contribution in [0.15, 0.2) is 60.0 Å². The van der Waals surface area contributed by atoms with Crippen LogP contribution in [0.1, 0.15) is 27.0 Å². The maximum Gasteiger partial charge on any atom is 0.251 e. The van der Waals surface area contributed by atoms with Crippen LogP contribution in [0.2, 0.25) is 0 Å². The fourth-order valence-corrected chi connectivity index (χ4v) is 3.79. The molecule has 0 fully saturated rings. The Morgan fingerprint density at radius 1 is 1.15 bits per heavy atom. The topological polar surface area (TPSA) is 70.5 Å². The third-order valence-electron chi connectivity index (χ3n) is 5.06. The van der Waals surface area contributed by atoms with Gasteiger partial charge in [-0.05, 0) is 24.1 Å². The van der Waals surface area contributed by atoms with Gasteiger partial charge < -0.3 is 10.2 Å². The molecule has 0 radical (unpaired) electrons. The Labute approximate surface area is 156 Å². The molecule has 6 nitrogen and oxygen atoms in total. The molecule has 1 N–H and O–H groups in total. The number of aliphatic imine (C=N–C) groups is 1. The van der Waals surface area contributed by atoms with Crippen molar-refractivity contribution < 1.29 is 4.79 Å². The van der Waals surface area contributed by atoms with E-state index >= 15 is 0 Å². The van der Waals surface area contributed by atoms with Crippen LogP contribution in [-0.2, 0) is 6.42 Å².